The van der Waals surface area contributed by atoms with Crippen LogP contribution in [0.4, 0.5) is 13.2 Å². The molecule has 0 saturated carbocycles. The average Bonchev–Trinajstić information content (AvgIpc) is 2.69. The van der Waals surface area contributed by atoms with Crippen LogP contribution >= 0.6 is 30.3 Å². The van der Waals surface area contributed by atoms with Crippen molar-refractivity contribution in [3.8, 4) is 0 Å². The van der Waals surface area contributed by atoms with Crippen LogP contribution in [0.2, 0.25) is 0 Å². The summed E-state index contributed by atoms with van der Waals surface area (Å²) in [6.07, 6.45) is -1.48. The third-order valence-corrected chi connectivity index (χ3v) is 5.46. The Hall–Kier alpha value is 0.110. The highest BCUT2D eigenvalue weighted by atomic mass is 127. The Balaban J connectivity index is 2.26. The average molecular weight is 391 g/mol. The Morgan fingerprint density at radius 2 is 2.17 bits per heavy atom. The van der Waals surface area contributed by atoms with Gasteiger partial charge in [0.05, 0.1) is 0 Å². The van der Waals surface area contributed by atoms with Crippen LogP contribution in [0.15, 0.2) is 12.3 Å². The Morgan fingerprint density at radius 3 is 2.72 bits per heavy atom. The number of aromatic nitrogens is 1. The van der Waals surface area contributed by atoms with E-state index in [9.17, 15) is 18.3 Å². The van der Waals surface area contributed by atoms with Crippen molar-refractivity contribution in [2.45, 2.75) is 38.0 Å². The first-order valence-electron chi connectivity index (χ1n) is 5.54. The van der Waals surface area contributed by atoms with Crippen LogP contribution in [0, 0.1) is 5.92 Å². The summed E-state index contributed by atoms with van der Waals surface area (Å²) in [5, 5.41) is 9.76. The molecule has 7 heteroatoms. The van der Waals surface area contributed by atoms with Crippen molar-refractivity contribution < 1.29 is 18.3 Å². The number of halogens is 4. The second-order valence-corrected chi connectivity index (χ2v) is 6.48. The zero-order valence-corrected chi connectivity index (χ0v) is 12.6. The molecule has 1 aromatic heterocycles. The van der Waals surface area contributed by atoms with Gasteiger partial charge in [0.15, 0.2) is 5.60 Å². The predicted octanol–water partition coefficient (Wildman–Crippen LogP) is 3.75. The van der Waals surface area contributed by atoms with E-state index in [2.05, 4.69) is 21.2 Å². The van der Waals surface area contributed by atoms with Crippen LogP contribution < -0.4 is 0 Å². The van der Waals surface area contributed by atoms with Crippen molar-refractivity contribution in [1.82, 2.24) is 3.97 Å². The molecule has 2 rings (SSSR count). The third kappa shape index (κ3) is 2.40. The maximum absolute atomic E-state index is 12.8. The molecule has 102 valence electrons. The van der Waals surface area contributed by atoms with Crippen LogP contribution in [-0.2, 0) is 12.8 Å². The molecular weight excluding hydrogens is 378 g/mol. The van der Waals surface area contributed by atoms with Gasteiger partial charge >= 0.3 is 6.18 Å². The van der Waals surface area contributed by atoms with Crippen molar-refractivity contribution in [2.75, 3.05) is 0 Å². The van der Waals surface area contributed by atoms with E-state index >= 15 is 0 Å². The van der Waals surface area contributed by atoms with Gasteiger partial charge in [0.25, 0.3) is 0 Å². The van der Waals surface area contributed by atoms with Gasteiger partial charge in [0, 0.05) is 48.1 Å². The van der Waals surface area contributed by atoms with E-state index in [0.29, 0.717) is 12.8 Å². The molecule has 1 aromatic rings. The first kappa shape index (κ1) is 14.5. The number of fused-ring (bicyclic) bond motifs is 1. The second-order valence-electron chi connectivity index (χ2n) is 4.77. The Labute approximate surface area is 120 Å². The molecule has 0 fully saturated rings. The van der Waals surface area contributed by atoms with Crippen molar-refractivity contribution in [3.05, 3.63) is 23.5 Å². The van der Waals surface area contributed by atoms with E-state index in [1.807, 2.05) is 16.2 Å². The van der Waals surface area contributed by atoms with E-state index < -0.39 is 17.7 Å². The summed E-state index contributed by atoms with van der Waals surface area (Å²) < 4.78 is 40.4. The predicted molar refractivity (Wildman–Crippen MR) is 73.6 cm³/mol. The Kier molecular flexibility index (Phi) is 3.95. The van der Waals surface area contributed by atoms with Gasteiger partial charge in [0.2, 0.25) is 0 Å². The molecular formula is C11H13F3INOS. The summed E-state index contributed by atoms with van der Waals surface area (Å²) >= 11 is 2.10. The zero-order valence-electron chi connectivity index (χ0n) is 9.67. The number of rotatable bonds is 2. The van der Waals surface area contributed by atoms with Crippen LogP contribution in [0.3, 0.4) is 0 Å². The minimum absolute atomic E-state index is 0.269. The molecule has 2 nitrogen and oxygen atoms in total. The lowest BCUT2D eigenvalue weighted by molar-refractivity contribution is -0.273. The van der Waals surface area contributed by atoms with E-state index in [1.54, 1.807) is 0 Å². The van der Waals surface area contributed by atoms with Crippen molar-refractivity contribution >= 4 is 30.3 Å². The van der Waals surface area contributed by atoms with E-state index in [4.69, 9.17) is 0 Å². The molecule has 0 radical (unpaired) electrons. The van der Waals surface area contributed by atoms with Gasteiger partial charge in [-0.05, 0) is 37.8 Å². The third-order valence-electron chi connectivity index (χ3n) is 3.69. The molecule has 1 heterocycles. The monoisotopic (exact) mass is 391 g/mol. The minimum Gasteiger partial charge on any atom is -0.380 e. The molecule has 0 aliphatic heterocycles. The fourth-order valence-electron chi connectivity index (χ4n) is 2.38. The van der Waals surface area contributed by atoms with Gasteiger partial charge in [0.1, 0.15) is 0 Å². The highest BCUT2D eigenvalue weighted by Crippen LogP contribution is 2.42. The lowest BCUT2D eigenvalue weighted by Crippen LogP contribution is -2.50. The zero-order chi connectivity index (χ0) is 13.6. The van der Waals surface area contributed by atoms with E-state index in [0.717, 1.165) is 18.2 Å². The maximum Gasteiger partial charge on any atom is 0.417 e. The molecule has 1 aliphatic rings. The summed E-state index contributed by atoms with van der Waals surface area (Å²) in [6, 6.07) is 1.94. The van der Waals surface area contributed by atoms with E-state index in [-0.39, 0.29) is 6.42 Å². The smallest absolute Gasteiger partial charge is 0.380 e. The molecule has 0 amide bonds. The van der Waals surface area contributed by atoms with Gasteiger partial charge < -0.3 is 5.11 Å². The van der Waals surface area contributed by atoms with Crippen molar-refractivity contribution in [1.29, 1.82) is 0 Å². The first-order valence-corrected chi connectivity index (χ1v) is 8.86. The minimum atomic E-state index is -4.58. The second kappa shape index (κ2) is 4.90. The lowest BCUT2D eigenvalue weighted by Gasteiger charge is -2.37. The van der Waals surface area contributed by atoms with Crippen LogP contribution in [0.25, 0.3) is 0 Å². The summed E-state index contributed by atoms with van der Waals surface area (Å²) in [5.41, 5.74) is -0.626. The highest BCUT2D eigenvalue weighted by molar-refractivity contribution is 14.2. The molecule has 1 N–H and O–H groups in total. The van der Waals surface area contributed by atoms with Gasteiger partial charge in [-0.1, -0.05) is 0 Å². The number of aliphatic hydroxyl groups is 1. The SMILES string of the molecule is CC(O)(C1CCc2ccn(SI)c2C1)C(F)(F)F. The molecule has 1 aliphatic carbocycles. The van der Waals surface area contributed by atoms with Crippen LogP contribution in [-0.4, -0.2) is 20.9 Å². The van der Waals surface area contributed by atoms with Crippen LogP contribution in [0.1, 0.15) is 24.6 Å². The fourth-order valence-corrected chi connectivity index (χ4v) is 3.86. The summed E-state index contributed by atoms with van der Waals surface area (Å²) in [6.45, 7) is 0.882. The molecule has 18 heavy (non-hydrogen) atoms. The first-order chi connectivity index (χ1) is 8.27. The molecule has 2 atom stereocenters. The molecule has 0 spiro atoms. The van der Waals surface area contributed by atoms with Crippen molar-refractivity contribution in [2.24, 2.45) is 5.92 Å². The normalized spacial score (nSPS) is 23.6. The van der Waals surface area contributed by atoms with E-state index in [1.165, 1.54) is 9.12 Å². The molecule has 0 aromatic carbocycles. The molecule has 0 bridgehead atoms. The van der Waals surface area contributed by atoms with Crippen molar-refractivity contribution in [3.63, 3.8) is 0 Å². The van der Waals surface area contributed by atoms with Gasteiger partial charge in [-0.25, -0.2) is 0 Å². The number of aryl methyl sites for hydroxylation is 1. The quantitative estimate of drug-likeness (QED) is 0.777. The number of hydrogen-bond acceptors (Lipinski definition) is 2. The molecule has 0 saturated heterocycles. The fraction of sp³-hybridized carbons (Fsp3) is 0.636. The number of alkyl halides is 3. The van der Waals surface area contributed by atoms with Gasteiger partial charge in [-0.15, -0.1) is 0 Å². The summed E-state index contributed by atoms with van der Waals surface area (Å²) in [7, 11) is 1.43. The maximum atomic E-state index is 12.8. The highest BCUT2D eigenvalue weighted by Gasteiger charge is 2.55. The summed E-state index contributed by atoms with van der Waals surface area (Å²) in [4.78, 5) is 0. The van der Waals surface area contributed by atoms with Gasteiger partial charge in [-0.2, -0.15) is 13.2 Å². The number of nitrogens with zero attached hydrogens (tertiary/aromatic N) is 1. The Morgan fingerprint density at radius 1 is 1.50 bits per heavy atom. The molecule has 2 unspecified atom stereocenters. The van der Waals surface area contributed by atoms with Crippen LogP contribution in [0.5, 0.6) is 0 Å². The lowest BCUT2D eigenvalue weighted by atomic mass is 9.77. The Bertz CT molecular complexity index is 430. The largest absolute Gasteiger partial charge is 0.417 e. The topological polar surface area (TPSA) is 25.2 Å². The number of hydrogen-bond donors (Lipinski definition) is 1. The summed E-state index contributed by atoms with van der Waals surface area (Å²) in [5.74, 6) is -0.776. The van der Waals surface area contributed by atoms with Gasteiger partial charge in [-0.3, -0.25) is 3.97 Å². The standard InChI is InChI=1S/C11H13F3INOS/c1-10(17,11(12,13)14)8-3-2-7-4-5-16(18-15)9(7)6-8/h4-5,8,17H,2-3,6H2,1H3.